The van der Waals surface area contributed by atoms with Crippen LogP contribution in [0.3, 0.4) is 0 Å². The van der Waals surface area contributed by atoms with E-state index in [9.17, 15) is 26.4 Å². The van der Waals surface area contributed by atoms with E-state index in [-0.39, 0.29) is 12.4 Å². The zero-order valence-electron chi connectivity index (χ0n) is 17.5. The quantitative estimate of drug-likeness (QED) is 0.460. The fourth-order valence-corrected chi connectivity index (χ4v) is 4.67. The van der Waals surface area contributed by atoms with Crippen molar-refractivity contribution in [2.45, 2.75) is 31.4 Å². The van der Waals surface area contributed by atoms with Crippen LogP contribution >= 0.6 is 0 Å². The molecule has 2 aromatic carbocycles. The van der Waals surface area contributed by atoms with Gasteiger partial charge in [-0.2, -0.15) is 21.6 Å². The first-order valence-corrected chi connectivity index (χ1v) is 11.8. The van der Waals surface area contributed by atoms with Crippen molar-refractivity contribution in [1.29, 1.82) is 0 Å². The van der Waals surface area contributed by atoms with Crippen molar-refractivity contribution in [2.24, 2.45) is 5.41 Å². The highest BCUT2D eigenvalue weighted by molar-refractivity contribution is 7.87. The average molecular weight is 481 g/mol. The van der Waals surface area contributed by atoms with Gasteiger partial charge < -0.3 is 13.8 Å². The van der Waals surface area contributed by atoms with Crippen molar-refractivity contribution in [2.75, 3.05) is 13.1 Å². The molecule has 0 unspecified atom stereocenters. The maximum Gasteiger partial charge on any atom is 0.534 e. The van der Waals surface area contributed by atoms with E-state index in [4.69, 9.17) is 4.74 Å². The Morgan fingerprint density at radius 3 is 2.30 bits per heavy atom. The summed E-state index contributed by atoms with van der Waals surface area (Å²) in [6, 6.07) is 15.9. The molecule has 4 rings (SSSR count). The number of halogens is 3. The first-order chi connectivity index (χ1) is 15.6. The Hall–Kier alpha value is -3.01. The number of rotatable bonds is 4. The summed E-state index contributed by atoms with van der Waals surface area (Å²) in [5.74, 6) is -0.325. The van der Waals surface area contributed by atoms with Crippen molar-refractivity contribution >= 4 is 22.0 Å². The number of carbonyl (C=O) groups excluding carboxylic acids is 1. The maximum atomic E-state index is 12.9. The fraction of sp³-hybridized carbons (Fsp3) is 0.348. The smallest absolute Gasteiger partial charge is 0.445 e. The van der Waals surface area contributed by atoms with Gasteiger partial charge in [-0.05, 0) is 41.9 Å². The van der Waals surface area contributed by atoms with Crippen LogP contribution in [0.5, 0.6) is 0 Å². The van der Waals surface area contributed by atoms with Gasteiger partial charge in [0.1, 0.15) is 12.4 Å². The number of hydrogen-bond acceptors (Lipinski definition) is 5. The summed E-state index contributed by atoms with van der Waals surface area (Å²) < 4.78 is 72.1. The third kappa shape index (κ3) is 5.00. The number of allylic oxidation sites excluding steroid dienone is 1. The Morgan fingerprint density at radius 2 is 1.64 bits per heavy atom. The highest BCUT2D eigenvalue weighted by Gasteiger charge is 2.50. The van der Waals surface area contributed by atoms with E-state index >= 15 is 0 Å². The minimum Gasteiger partial charge on any atom is -0.445 e. The summed E-state index contributed by atoms with van der Waals surface area (Å²) in [5, 5.41) is 0. The van der Waals surface area contributed by atoms with Gasteiger partial charge in [-0.25, -0.2) is 4.79 Å². The van der Waals surface area contributed by atoms with E-state index in [1.54, 1.807) is 23.1 Å². The molecule has 1 fully saturated rings. The standard InChI is InChI=1S/C23H22F3NO5S/c24-23(25,26)33(29,30)32-20-15-22(14-18-8-4-5-9-19(18)20)10-12-27(13-11-22)21(28)31-16-17-6-2-1-3-7-17/h1-9,15H,10-14,16H2. The summed E-state index contributed by atoms with van der Waals surface area (Å²) in [4.78, 5) is 14.0. The van der Waals surface area contributed by atoms with E-state index in [1.165, 1.54) is 12.1 Å². The summed E-state index contributed by atoms with van der Waals surface area (Å²) in [6.45, 7) is 0.791. The monoisotopic (exact) mass is 481 g/mol. The zero-order chi connectivity index (χ0) is 23.7. The topological polar surface area (TPSA) is 72.9 Å². The minimum atomic E-state index is -5.81. The molecule has 6 nitrogen and oxygen atoms in total. The van der Waals surface area contributed by atoms with Crippen molar-refractivity contribution < 1.29 is 35.3 Å². The van der Waals surface area contributed by atoms with E-state index < -0.39 is 27.1 Å². The van der Waals surface area contributed by atoms with Crippen LogP contribution in [0, 0.1) is 5.41 Å². The van der Waals surface area contributed by atoms with Gasteiger partial charge >= 0.3 is 21.7 Å². The van der Waals surface area contributed by atoms with E-state index in [0.717, 1.165) is 5.56 Å². The largest absolute Gasteiger partial charge is 0.534 e. The molecule has 1 aliphatic carbocycles. The van der Waals surface area contributed by atoms with Gasteiger partial charge in [-0.3, -0.25) is 0 Å². The van der Waals surface area contributed by atoms with E-state index in [0.29, 0.717) is 43.5 Å². The Morgan fingerprint density at radius 1 is 1.00 bits per heavy atom. The van der Waals surface area contributed by atoms with Gasteiger partial charge in [0.2, 0.25) is 0 Å². The van der Waals surface area contributed by atoms with Gasteiger partial charge in [0.05, 0.1) is 0 Å². The summed E-state index contributed by atoms with van der Waals surface area (Å²) in [6.07, 6.45) is 2.38. The van der Waals surface area contributed by atoms with Crippen LogP contribution in [0.4, 0.5) is 18.0 Å². The highest BCUT2D eigenvalue weighted by Crippen LogP contribution is 2.45. The van der Waals surface area contributed by atoms with Gasteiger partial charge in [0.15, 0.2) is 0 Å². The first-order valence-electron chi connectivity index (χ1n) is 10.4. The van der Waals surface area contributed by atoms with Crippen molar-refractivity contribution in [3.8, 4) is 0 Å². The molecule has 0 radical (unpaired) electrons. The lowest BCUT2D eigenvalue weighted by Crippen LogP contribution is -2.44. The number of fused-ring (bicyclic) bond motifs is 1. The number of benzene rings is 2. The number of nitrogens with zero attached hydrogens (tertiary/aromatic N) is 1. The van der Waals surface area contributed by atoms with Gasteiger partial charge in [-0.15, -0.1) is 0 Å². The van der Waals surface area contributed by atoms with Crippen LogP contribution in [0.2, 0.25) is 0 Å². The van der Waals surface area contributed by atoms with Crippen LogP contribution in [-0.2, 0) is 32.1 Å². The van der Waals surface area contributed by atoms with Crippen LogP contribution < -0.4 is 0 Å². The van der Waals surface area contributed by atoms with Crippen molar-refractivity contribution in [1.82, 2.24) is 4.90 Å². The minimum absolute atomic E-state index is 0.141. The summed E-state index contributed by atoms with van der Waals surface area (Å²) in [5.41, 5.74) is -4.27. The van der Waals surface area contributed by atoms with Crippen LogP contribution in [0.25, 0.3) is 5.76 Å². The molecule has 33 heavy (non-hydrogen) atoms. The maximum absolute atomic E-state index is 12.9. The fourth-order valence-electron chi connectivity index (χ4n) is 4.20. The molecular weight excluding hydrogens is 459 g/mol. The average Bonchev–Trinajstić information content (AvgIpc) is 2.78. The second kappa shape index (κ2) is 8.74. The third-order valence-corrected chi connectivity index (χ3v) is 6.93. The number of hydrogen-bond donors (Lipinski definition) is 0. The van der Waals surface area contributed by atoms with Crippen LogP contribution in [0.15, 0.2) is 60.7 Å². The van der Waals surface area contributed by atoms with Gasteiger partial charge in [0.25, 0.3) is 0 Å². The second-order valence-corrected chi connectivity index (χ2v) is 9.75. The molecular formula is C23H22F3NO5S. The SMILES string of the molecule is O=C(OCc1ccccc1)N1CCC2(C=C(OS(=O)(=O)C(F)(F)F)c3ccccc3C2)CC1. The van der Waals surface area contributed by atoms with Crippen molar-refractivity contribution in [3.05, 3.63) is 77.4 Å². The molecule has 1 saturated heterocycles. The molecule has 0 atom stereocenters. The molecule has 0 aromatic heterocycles. The predicted octanol–water partition coefficient (Wildman–Crippen LogP) is 4.87. The Labute approximate surface area is 189 Å². The number of piperidine rings is 1. The molecule has 10 heteroatoms. The molecule has 0 saturated carbocycles. The third-order valence-electron chi connectivity index (χ3n) is 5.97. The zero-order valence-corrected chi connectivity index (χ0v) is 18.4. The Kier molecular flexibility index (Phi) is 6.13. The predicted molar refractivity (Wildman–Crippen MR) is 114 cm³/mol. The van der Waals surface area contributed by atoms with Gasteiger partial charge in [-0.1, -0.05) is 54.6 Å². The lowest BCUT2D eigenvalue weighted by Gasteiger charge is -2.42. The Bertz CT molecular complexity index is 1150. The lowest BCUT2D eigenvalue weighted by molar-refractivity contribution is -0.0510. The number of alkyl halides is 3. The molecule has 1 amide bonds. The normalized spacial score (nSPS) is 17.8. The molecule has 1 heterocycles. The second-order valence-electron chi connectivity index (χ2n) is 8.22. The van der Waals surface area contributed by atoms with Crippen LogP contribution in [0.1, 0.15) is 29.5 Å². The molecule has 1 spiro atoms. The first kappa shape index (κ1) is 23.2. The number of carbonyl (C=O) groups is 1. The number of amides is 1. The summed E-state index contributed by atoms with van der Waals surface area (Å²) >= 11 is 0. The summed E-state index contributed by atoms with van der Waals surface area (Å²) in [7, 11) is -5.81. The van der Waals surface area contributed by atoms with E-state index in [2.05, 4.69) is 4.18 Å². The van der Waals surface area contributed by atoms with Gasteiger partial charge in [0, 0.05) is 18.7 Å². The number of likely N-dealkylation sites (tertiary alicyclic amines) is 1. The molecule has 176 valence electrons. The number of ether oxygens (including phenoxy) is 1. The van der Waals surface area contributed by atoms with Crippen molar-refractivity contribution in [3.63, 3.8) is 0 Å². The molecule has 0 bridgehead atoms. The molecule has 0 N–H and O–H groups in total. The molecule has 2 aliphatic rings. The Balaban J connectivity index is 1.49. The van der Waals surface area contributed by atoms with E-state index in [1.807, 2.05) is 30.3 Å². The molecule has 2 aromatic rings. The lowest BCUT2D eigenvalue weighted by atomic mass is 9.70. The van der Waals surface area contributed by atoms with Crippen LogP contribution in [-0.4, -0.2) is 38.0 Å². The highest BCUT2D eigenvalue weighted by atomic mass is 32.2. The molecule has 1 aliphatic heterocycles.